The number of ether oxygens (including phenoxy) is 1. The van der Waals surface area contributed by atoms with Gasteiger partial charge in [-0.15, -0.1) is 0 Å². The largest absolute Gasteiger partial charge is 0.381 e. The molecule has 17 heavy (non-hydrogen) atoms. The number of rotatable bonds is 3. The lowest BCUT2D eigenvalue weighted by Crippen LogP contribution is -2.54. The van der Waals surface area contributed by atoms with Crippen molar-refractivity contribution in [1.82, 2.24) is 4.90 Å². The second kappa shape index (κ2) is 5.38. The van der Waals surface area contributed by atoms with Crippen LogP contribution in [0.3, 0.4) is 0 Å². The molecule has 1 amide bonds. The van der Waals surface area contributed by atoms with Crippen molar-refractivity contribution < 1.29 is 9.53 Å². The second-order valence-electron chi connectivity index (χ2n) is 5.96. The molecule has 2 aliphatic rings. The molecule has 0 aromatic heterocycles. The van der Waals surface area contributed by atoms with E-state index in [2.05, 4.69) is 18.7 Å². The molecule has 1 heterocycles. The molecule has 98 valence electrons. The first-order valence-corrected chi connectivity index (χ1v) is 6.93. The van der Waals surface area contributed by atoms with Gasteiger partial charge in [0.15, 0.2) is 0 Å². The maximum absolute atomic E-state index is 12.2. The summed E-state index contributed by atoms with van der Waals surface area (Å²) in [6.07, 6.45) is 4.52. The van der Waals surface area contributed by atoms with Crippen LogP contribution in [0.15, 0.2) is 0 Å². The minimum atomic E-state index is 0.273. The van der Waals surface area contributed by atoms with E-state index >= 15 is 0 Å². The number of likely N-dealkylation sites (tertiary alicyclic amines) is 1. The van der Waals surface area contributed by atoms with Gasteiger partial charge in [0.25, 0.3) is 0 Å². The van der Waals surface area contributed by atoms with Crippen molar-refractivity contribution in [2.45, 2.75) is 45.6 Å². The Bertz CT molecular complexity index is 263. The molecule has 0 aromatic rings. The molecular formula is C14H25NO2. The van der Waals surface area contributed by atoms with Crippen molar-refractivity contribution >= 4 is 5.91 Å². The monoisotopic (exact) mass is 239 g/mol. The minimum absolute atomic E-state index is 0.273. The molecule has 0 atom stereocenters. The van der Waals surface area contributed by atoms with Gasteiger partial charge in [-0.05, 0) is 37.5 Å². The normalized spacial score (nSPS) is 30.5. The van der Waals surface area contributed by atoms with E-state index in [1.807, 2.05) is 0 Å². The Morgan fingerprint density at radius 3 is 2.24 bits per heavy atom. The molecule has 1 aliphatic heterocycles. The number of carbonyl (C=O) groups is 1. The number of nitrogens with zero attached hydrogens (tertiary/aromatic N) is 1. The van der Waals surface area contributed by atoms with E-state index in [1.165, 1.54) is 0 Å². The van der Waals surface area contributed by atoms with Crippen LogP contribution >= 0.6 is 0 Å². The minimum Gasteiger partial charge on any atom is -0.381 e. The van der Waals surface area contributed by atoms with E-state index in [0.717, 1.165) is 44.7 Å². The Kier molecular flexibility index (Phi) is 4.08. The molecule has 0 radical (unpaired) electrons. The predicted octanol–water partition coefficient (Wildman–Crippen LogP) is 2.31. The van der Waals surface area contributed by atoms with Crippen LogP contribution < -0.4 is 0 Å². The van der Waals surface area contributed by atoms with Gasteiger partial charge in [-0.2, -0.15) is 0 Å². The summed E-state index contributed by atoms with van der Waals surface area (Å²) in [5, 5.41) is 0. The van der Waals surface area contributed by atoms with E-state index in [4.69, 9.17) is 4.74 Å². The molecule has 3 nitrogen and oxygen atoms in total. The van der Waals surface area contributed by atoms with E-state index in [9.17, 15) is 4.79 Å². The molecule has 2 rings (SSSR count). The van der Waals surface area contributed by atoms with Crippen LogP contribution in [0, 0.1) is 17.8 Å². The van der Waals surface area contributed by atoms with Gasteiger partial charge in [0, 0.05) is 26.1 Å². The van der Waals surface area contributed by atoms with Crippen LogP contribution in [0.4, 0.5) is 0 Å². The summed E-state index contributed by atoms with van der Waals surface area (Å²) < 4.78 is 5.34. The summed E-state index contributed by atoms with van der Waals surface area (Å²) in [6, 6.07) is 0. The van der Waals surface area contributed by atoms with Gasteiger partial charge in [0.2, 0.25) is 5.91 Å². The molecule has 0 N–H and O–H groups in total. The van der Waals surface area contributed by atoms with Gasteiger partial charge in [0.1, 0.15) is 0 Å². The van der Waals surface area contributed by atoms with Crippen molar-refractivity contribution in [2.24, 2.45) is 17.8 Å². The standard InChI is InChI=1S/C14H25NO2/c1-10(2)12-8-15(9-12)14(16)11-4-6-13(17-3)7-5-11/h10-13H,4-9H2,1-3H3. The van der Waals surface area contributed by atoms with E-state index < -0.39 is 0 Å². The lowest BCUT2D eigenvalue weighted by Gasteiger charge is -2.44. The van der Waals surface area contributed by atoms with Crippen molar-refractivity contribution in [3.05, 3.63) is 0 Å². The fraction of sp³-hybridized carbons (Fsp3) is 0.929. The number of carbonyl (C=O) groups excluding carboxylic acids is 1. The highest BCUT2D eigenvalue weighted by atomic mass is 16.5. The number of hydrogen-bond acceptors (Lipinski definition) is 2. The maximum atomic E-state index is 12.2. The zero-order valence-electron chi connectivity index (χ0n) is 11.3. The summed E-state index contributed by atoms with van der Waals surface area (Å²) in [7, 11) is 1.77. The Morgan fingerprint density at radius 1 is 1.18 bits per heavy atom. The first-order valence-electron chi connectivity index (χ1n) is 6.93. The number of amides is 1. The van der Waals surface area contributed by atoms with Crippen LogP contribution in [0.2, 0.25) is 0 Å². The quantitative estimate of drug-likeness (QED) is 0.756. The molecule has 0 aromatic carbocycles. The molecule has 3 heteroatoms. The first kappa shape index (κ1) is 12.9. The zero-order valence-corrected chi connectivity index (χ0v) is 11.3. The van der Waals surface area contributed by atoms with E-state index in [0.29, 0.717) is 17.9 Å². The smallest absolute Gasteiger partial charge is 0.225 e. The summed E-state index contributed by atoms with van der Waals surface area (Å²) in [5.74, 6) is 2.11. The number of methoxy groups -OCH3 is 1. The predicted molar refractivity (Wildman–Crippen MR) is 67.7 cm³/mol. The number of hydrogen-bond donors (Lipinski definition) is 0. The van der Waals surface area contributed by atoms with Crippen molar-refractivity contribution in [2.75, 3.05) is 20.2 Å². The van der Waals surface area contributed by atoms with Gasteiger partial charge in [-0.3, -0.25) is 4.79 Å². The molecule has 1 saturated carbocycles. The van der Waals surface area contributed by atoms with E-state index in [-0.39, 0.29) is 5.92 Å². The molecule has 0 bridgehead atoms. The molecule has 1 saturated heterocycles. The van der Waals surface area contributed by atoms with Crippen molar-refractivity contribution in [1.29, 1.82) is 0 Å². The average molecular weight is 239 g/mol. The van der Waals surface area contributed by atoms with Gasteiger partial charge in [-0.25, -0.2) is 0 Å². The Balaban J connectivity index is 1.75. The Hall–Kier alpha value is -0.570. The summed E-state index contributed by atoms with van der Waals surface area (Å²) in [5.41, 5.74) is 0. The molecule has 1 aliphatic carbocycles. The summed E-state index contributed by atoms with van der Waals surface area (Å²) in [6.45, 7) is 6.47. The van der Waals surface area contributed by atoms with Crippen molar-refractivity contribution in [3.63, 3.8) is 0 Å². The summed E-state index contributed by atoms with van der Waals surface area (Å²) in [4.78, 5) is 14.3. The lowest BCUT2D eigenvalue weighted by molar-refractivity contribution is -0.145. The highest BCUT2D eigenvalue weighted by Gasteiger charge is 2.36. The first-order chi connectivity index (χ1) is 8.11. The fourth-order valence-corrected chi connectivity index (χ4v) is 2.92. The van der Waals surface area contributed by atoms with Crippen LogP contribution in [-0.2, 0) is 9.53 Å². The van der Waals surface area contributed by atoms with Crippen LogP contribution in [0.25, 0.3) is 0 Å². The maximum Gasteiger partial charge on any atom is 0.225 e. The third-order valence-electron chi connectivity index (χ3n) is 4.52. The van der Waals surface area contributed by atoms with Gasteiger partial charge in [0.05, 0.1) is 6.10 Å². The second-order valence-corrected chi connectivity index (χ2v) is 5.96. The van der Waals surface area contributed by atoms with Gasteiger partial charge >= 0.3 is 0 Å². The zero-order chi connectivity index (χ0) is 12.4. The molecule has 2 fully saturated rings. The summed E-state index contributed by atoms with van der Waals surface area (Å²) >= 11 is 0. The topological polar surface area (TPSA) is 29.5 Å². The third-order valence-corrected chi connectivity index (χ3v) is 4.52. The molecule has 0 spiro atoms. The van der Waals surface area contributed by atoms with Gasteiger partial charge < -0.3 is 9.64 Å². The fourth-order valence-electron chi connectivity index (χ4n) is 2.92. The average Bonchev–Trinajstić information content (AvgIpc) is 2.26. The third kappa shape index (κ3) is 2.82. The van der Waals surface area contributed by atoms with Gasteiger partial charge in [-0.1, -0.05) is 13.8 Å². The van der Waals surface area contributed by atoms with Crippen LogP contribution in [0.1, 0.15) is 39.5 Å². The van der Waals surface area contributed by atoms with E-state index in [1.54, 1.807) is 7.11 Å². The van der Waals surface area contributed by atoms with Crippen LogP contribution in [0.5, 0.6) is 0 Å². The van der Waals surface area contributed by atoms with Crippen molar-refractivity contribution in [3.8, 4) is 0 Å². The Morgan fingerprint density at radius 2 is 1.76 bits per heavy atom. The molecule has 0 unspecified atom stereocenters. The van der Waals surface area contributed by atoms with Crippen LogP contribution in [-0.4, -0.2) is 37.1 Å². The lowest BCUT2D eigenvalue weighted by atomic mass is 9.83. The highest BCUT2D eigenvalue weighted by molar-refractivity contribution is 5.79. The Labute approximate surface area is 105 Å². The highest BCUT2D eigenvalue weighted by Crippen LogP contribution is 2.31. The SMILES string of the molecule is COC1CCC(C(=O)N2CC(C(C)C)C2)CC1. The molecular weight excluding hydrogens is 214 g/mol.